The molecule has 1 amide bonds. The zero-order chi connectivity index (χ0) is 21.4. The highest BCUT2D eigenvalue weighted by Crippen LogP contribution is 2.30. The summed E-state index contributed by atoms with van der Waals surface area (Å²) in [5.74, 6) is -3.46. The molecule has 6 heteroatoms. The van der Waals surface area contributed by atoms with E-state index in [2.05, 4.69) is 5.32 Å². The van der Waals surface area contributed by atoms with Crippen LogP contribution in [0.15, 0.2) is 60.7 Å². The third kappa shape index (κ3) is 6.91. The Morgan fingerprint density at radius 3 is 2.17 bits per heavy atom. The number of benzene rings is 2. The van der Waals surface area contributed by atoms with E-state index in [1.165, 1.54) is 7.05 Å². The zero-order valence-corrected chi connectivity index (χ0v) is 17.2. The fourth-order valence-electron chi connectivity index (χ4n) is 3.49. The maximum absolute atomic E-state index is 13.6. The van der Waals surface area contributed by atoms with Gasteiger partial charge in [0.05, 0.1) is 0 Å². The van der Waals surface area contributed by atoms with Crippen molar-refractivity contribution in [1.29, 1.82) is 0 Å². The minimum atomic E-state index is -2.88. The molecular weight excluding hydrogens is 374 g/mol. The Morgan fingerprint density at radius 1 is 1.10 bits per heavy atom. The smallest absolute Gasteiger partial charge is 0.250 e. The van der Waals surface area contributed by atoms with E-state index in [1.54, 1.807) is 0 Å². The van der Waals surface area contributed by atoms with Gasteiger partial charge in [-0.25, -0.2) is 8.78 Å². The van der Waals surface area contributed by atoms with Gasteiger partial charge >= 0.3 is 0 Å². The van der Waals surface area contributed by atoms with Crippen LogP contribution in [0.25, 0.3) is 0 Å². The van der Waals surface area contributed by atoms with Crippen molar-refractivity contribution in [3.8, 4) is 0 Å². The number of hydrogen-bond acceptors (Lipinski definition) is 3. The van der Waals surface area contributed by atoms with Crippen molar-refractivity contribution in [2.45, 2.75) is 57.3 Å². The number of nitrogens with one attached hydrogen (secondary N) is 1. The van der Waals surface area contributed by atoms with E-state index < -0.39 is 30.4 Å². The summed E-state index contributed by atoms with van der Waals surface area (Å²) in [6.07, 6.45) is -1.85. The minimum absolute atomic E-state index is 0.0118. The fourth-order valence-corrected chi connectivity index (χ4v) is 3.49. The van der Waals surface area contributed by atoms with Gasteiger partial charge in [0.2, 0.25) is 11.8 Å². The van der Waals surface area contributed by atoms with Gasteiger partial charge in [-0.05, 0) is 31.4 Å². The van der Waals surface area contributed by atoms with Crippen molar-refractivity contribution in [3.05, 3.63) is 71.8 Å². The first-order valence-corrected chi connectivity index (χ1v) is 9.85. The van der Waals surface area contributed by atoms with Gasteiger partial charge in [0.15, 0.2) is 0 Å². The number of aliphatic hydroxyl groups excluding tert-OH is 1. The SMILES string of the molecule is CNC(=O)C(O)C(CCC(C)(F)F)N(Cc1ccccc1)C(C)c1ccccc1. The number of carbonyl (C=O) groups is 1. The van der Waals surface area contributed by atoms with Crippen LogP contribution in [0.5, 0.6) is 0 Å². The summed E-state index contributed by atoms with van der Waals surface area (Å²) in [6, 6.07) is 18.3. The highest BCUT2D eigenvalue weighted by Gasteiger charge is 2.36. The fraction of sp³-hybridized carbons (Fsp3) is 0.435. The van der Waals surface area contributed by atoms with Crippen LogP contribution in [0.2, 0.25) is 0 Å². The normalized spacial score (nSPS) is 15.0. The average Bonchev–Trinajstić information content (AvgIpc) is 2.72. The highest BCUT2D eigenvalue weighted by molar-refractivity contribution is 5.81. The molecule has 3 atom stereocenters. The molecule has 2 rings (SSSR count). The van der Waals surface area contributed by atoms with Crippen molar-refractivity contribution in [3.63, 3.8) is 0 Å². The summed E-state index contributed by atoms with van der Waals surface area (Å²) in [4.78, 5) is 14.2. The van der Waals surface area contributed by atoms with E-state index >= 15 is 0 Å². The molecule has 0 aliphatic rings. The first-order chi connectivity index (χ1) is 13.7. The van der Waals surface area contributed by atoms with Crippen molar-refractivity contribution in [1.82, 2.24) is 10.2 Å². The van der Waals surface area contributed by atoms with Crippen LogP contribution in [-0.2, 0) is 11.3 Å². The second-order valence-electron chi connectivity index (χ2n) is 7.48. The van der Waals surface area contributed by atoms with Crippen molar-refractivity contribution in [2.24, 2.45) is 0 Å². The van der Waals surface area contributed by atoms with E-state index in [1.807, 2.05) is 72.5 Å². The van der Waals surface area contributed by atoms with Gasteiger partial charge in [-0.1, -0.05) is 60.7 Å². The molecule has 2 N–H and O–H groups in total. The zero-order valence-electron chi connectivity index (χ0n) is 17.2. The van der Waals surface area contributed by atoms with Gasteiger partial charge in [0.25, 0.3) is 0 Å². The lowest BCUT2D eigenvalue weighted by atomic mass is 9.95. The molecule has 2 aromatic rings. The van der Waals surface area contributed by atoms with Crippen LogP contribution in [-0.4, -0.2) is 41.0 Å². The molecule has 0 saturated carbocycles. The maximum atomic E-state index is 13.6. The Morgan fingerprint density at radius 2 is 1.66 bits per heavy atom. The first kappa shape index (κ1) is 23.0. The topological polar surface area (TPSA) is 52.6 Å². The lowest BCUT2D eigenvalue weighted by Gasteiger charge is -2.39. The van der Waals surface area contributed by atoms with Crippen LogP contribution in [0.4, 0.5) is 8.78 Å². The number of likely N-dealkylation sites (N-methyl/N-ethyl adjacent to an activating group) is 1. The number of rotatable bonds is 10. The van der Waals surface area contributed by atoms with Crippen molar-refractivity contribution < 1.29 is 18.7 Å². The molecule has 0 heterocycles. The number of alkyl halides is 2. The maximum Gasteiger partial charge on any atom is 0.250 e. The van der Waals surface area contributed by atoms with Gasteiger partial charge < -0.3 is 10.4 Å². The highest BCUT2D eigenvalue weighted by atomic mass is 19.3. The molecule has 0 fully saturated rings. The largest absolute Gasteiger partial charge is 0.382 e. The van der Waals surface area contributed by atoms with E-state index in [0.29, 0.717) is 6.54 Å². The van der Waals surface area contributed by atoms with E-state index in [9.17, 15) is 18.7 Å². The monoisotopic (exact) mass is 404 g/mol. The summed E-state index contributed by atoms with van der Waals surface area (Å²) in [5, 5.41) is 13.2. The molecule has 0 saturated heterocycles. The Labute approximate surface area is 171 Å². The van der Waals surface area contributed by atoms with Gasteiger partial charge in [-0.3, -0.25) is 9.69 Å². The summed E-state index contributed by atoms with van der Waals surface area (Å²) in [5.41, 5.74) is 1.97. The summed E-state index contributed by atoms with van der Waals surface area (Å²) < 4.78 is 27.3. The van der Waals surface area contributed by atoms with Crippen molar-refractivity contribution >= 4 is 5.91 Å². The standard InChI is InChI=1S/C23H30F2N2O2/c1-17(19-12-8-5-9-13-19)27(16-18-10-6-4-7-11-18)20(14-15-23(2,24)25)21(28)22(29)26-3/h4-13,17,20-21,28H,14-16H2,1-3H3,(H,26,29). The van der Waals surface area contributed by atoms with Crippen molar-refractivity contribution in [2.75, 3.05) is 7.05 Å². The molecule has 3 unspecified atom stereocenters. The van der Waals surface area contributed by atoms with Crippen LogP contribution < -0.4 is 5.32 Å². The summed E-state index contributed by atoms with van der Waals surface area (Å²) in [6.45, 7) is 3.25. The number of carbonyl (C=O) groups excluding carboxylic acids is 1. The lowest BCUT2D eigenvalue weighted by molar-refractivity contribution is -0.134. The van der Waals surface area contributed by atoms with E-state index in [0.717, 1.165) is 18.1 Å². The molecule has 0 aromatic heterocycles. The minimum Gasteiger partial charge on any atom is -0.382 e. The van der Waals surface area contributed by atoms with Crippen LogP contribution in [0, 0.1) is 0 Å². The molecule has 4 nitrogen and oxygen atoms in total. The van der Waals surface area contributed by atoms with Gasteiger partial charge in [0, 0.05) is 32.1 Å². The Balaban J connectivity index is 2.41. The van der Waals surface area contributed by atoms with Crippen LogP contribution in [0.1, 0.15) is 43.9 Å². The number of aliphatic hydroxyl groups is 1. The third-order valence-electron chi connectivity index (χ3n) is 5.17. The quantitative estimate of drug-likeness (QED) is 0.625. The second kappa shape index (κ2) is 10.5. The molecular formula is C23H30F2N2O2. The predicted octanol–water partition coefficient (Wildman–Crippen LogP) is 4.16. The summed E-state index contributed by atoms with van der Waals surface area (Å²) in [7, 11) is 1.43. The lowest BCUT2D eigenvalue weighted by Crippen LogP contribution is -2.51. The molecule has 0 radical (unpaired) electrons. The number of nitrogens with zero attached hydrogens (tertiary/aromatic N) is 1. The van der Waals surface area contributed by atoms with Crippen LogP contribution in [0.3, 0.4) is 0 Å². The second-order valence-corrected chi connectivity index (χ2v) is 7.48. The Bertz CT molecular complexity index is 750. The number of halogens is 2. The first-order valence-electron chi connectivity index (χ1n) is 9.85. The van der Waals surface area contributed by atoms with E-state index in [4.69, 9.17) is 0 Å². The predicted molar refractivity (Wildman–Crippen MR) is 111 cm³/mol. The van der Waals surface area contributed by atoms with Gasteiger partial charge in [0.1, 0.15) is 6.10 Å². The molecule has 0 aliphatic heterocycles. The number of amides is 1. The van der Waals surface area contributed by atoms with E-state index in [-0.39, 0.29) is 12.5 Å². The Hall–Kier alpha value is -2.31. The molecule has 158 valence electrons. The number of hydrogen-bond donors (Lipinski definition) is 2. The van der Waals surface area contributed by atoms with Gasteiger partial charge in [-0.2, -0.15) is 0 Å². The summed E-state index contributed by atoms with van der Waals surface area (Å²) >= 11 is 0. The molecule has 0 aliphatic carbocycles. The molecule has 0 spiro atoms. The Kier molecular flexibility index (Phi) is 8.29. The van der Waals surface area contributed by atoms with Gasteiger partial charge in [-0.15, -0.1) is 0 Å². The third-order valence-corrected chi connectivity index (χ3v) is 5.17. The molecule has 29 heavy (non-hydrogen) atoms. The molecule has 0 bridgehead atoms. The van der Waals surface area contributed by atoms with Crippen LogP contribution >= 0.6 is 0 Å². The molecule has 2 aromatic carbocycles. The average molecular weight is 405 g/mol.